The second-order valence-electron chi connectivity index (χ2n) is 9.50. The van der Waals surface area contributed by atoms with E-state index in [0.29, 0.717) is 46.4 Å². The maximum absolute atomic E-state index is 13.5. The first-order chi connectivity index (χ1) is 16.3. The normalized spacial score (nSPS) is 15.9. The van der Waals surface area contributed by atoms with E-state index in [-0.39, 0.29) is 17.6 Å². The Morgan fingerprint density at radius 2 is 2.06 bits per heavy atom. The fraction of sp³-hybridized carbons (Fsp3) is 0.444. The van der Waals surface area contributed by atoms with Crippen LogP contribution in [0.4, 0.5) is 0 Å². The van der Waals surface area contributed by atoms with Gasteiger partial charge in [0.15, 0.2) is 5.16 Å². The Labute approximate surface area is 205 Å². The van der Waals surface area contributed by atoms with Crippen LogP contribution in [0.3, 0.4) is 0 Å². The molecular formula is C27H33N3O3S. The summed E-state index contributed by atoms with van der Waals surface area (Å²) >= 11 is 1.56. The molecule has 2 aromatic carbocycles. The van der Waals surface area contributed by atoms with Crippen LogP contribution in [0.1, 0.15) is 53.7 Å². The van der Waals surface area contributed by atoms with E-state index in [1.54, 1.807) is 34.5 Å². The molecule has 0 spiro atoms. The molecular weight excluding hydrogens is 446 g/mol. The fourth-order valence-corrected chi connectivity index (χ4v) is 5.17. The molecule has 180 valence electrons. The monoisotopic (exact) mass is 479 g/mol. The highest BCUT2D eigenvalue weighted by atomic mass is 32.2. The Hall–Kier alpha value is -2.64. The highest BCUT2D eigenvalue weighted by Gasteiger charge is 2.21. The van der Waals surface area contributed by atoms with E-state index in [1.165, 1.54) is 16.7 Å². The second-order valence-corrected chi connectivity index (χ2v) is 10.4. The fourth-order valence-electron chi connectivity index (χ4n) is 4.10. The van der Waals surface area contributed by atoms with Gasteiger partial charge >= 0.3 is 0 Å². The average molecular weight is 480 g/mol. The largest absolute Gasteiger partial charge is 0.376 e. The van der Waals surface area contributed by atoms with Crippen molar-refractivity contribution in [1.29, 1.82) is 0 Å². The molecule has 0 saturated carbocycles. The van der Waals surface area contributed by atoms with Crippen LogP contribution in [-0.2, 0) is 17.0 Å². The summed E-state index contributed by atoms with van der Waals surface area (Å²) < 4.78 is 7.58. The number of nitrogens with zero attached hydrogens (tertiary/aromatic N) is 2. The standard InChI is InChI=1S/C27H33N3O3S/c1-17(2)14-28-25(31)20-9-10-23-24(13-20)29-27(30(26(23)32)15-22-6-5-11-33-22)34-16-21-12-18(3)7-8-19(21)4/h7-10,12-13,17,22H,5-6,11,14-16H2,1-4H3,(H,28,31)/t22-/m0/s1. The number of rotatable bonds is 8. The van der Waals surface area contributed by atoms with Gasteiger partial charge in [-0.2, -0.15) is 0 Å². The molecule has 2 heterocycles. The molecule has 0 radical (unpaired) electrons. The number of aromatic nitrogens is 2. The lowest BCUT2D eigenvalue weighted by molar-refractivity contribution is 0.0937. The van der Waals surface area contributed by atoms with Gasteiger partial charge in [-0.3, -0.25) is 14.2 Å². The number of fused-ring (bicyclic) bond motifs is 1. The molecule has 1 aliphatic rings. The van der Waals surface area contributed by atoms with Crippen molar-refractivity contribution < 1.29 is 9.53 Å². The van der Waals surface area contributed by atoms with Crippen molar-refractivity contribution in [3.63, 3.8) is 0 Å². The van der Waals surface area contributed by atoms with Crippen molar-refractivity contribution in [3.8, 4) is 0 Å². The number of carbonyl (C=O) groups excluding carboxylic acids is 1. The molecule has 1 aliphatic heterocycles. The van der Waals surface area contributed by atoms with Crippen LogP contribution in [0.5, 0.6) is 0 Å². The van der Waals surface area contributed by atoms with Crippen molar-refractivity contribution in [2.45, 2.75) is 64.1 Å². The summed E-state index contributed by atoms with van der Waals surface area (Å²) in [5, 5.41) is 4.12. The highest BCUT2D eigenvalue weighted by molar-refractivity contribution is 7.98. The van der Waals surface area contributed by atoms with Crippen LogP contribution in [-0.4, -0.2) is 34.7 Å². The number of amides is 1. The number of hydrogen-bond acceptors (Lipinski definition) is 5. The van der Waals surface area contributed by atoms with Crippen LogP contribution in [0, 0.1) is 19.8 Å². The Morgan fingerprint density at radius 1 is 1.24 bits per heavy atom. The number of ether oxygens (including phenoxy) is 1. The molecule has 1 amide bonds. The molecule has 1 saturated heterocycles. The van der Waals surface area contributed by atoms with Crippen molar-refractivity contribution in [2.24, 2.45) is 5.92 Å². The van der Waals surface area contributed by atoms with E-state index < -0.39 is 0 Å². The topological polar surface area (TPSA) is 73.2 Å². The van der Waals surface area contributed by atoms with Crippen molar-refractivity contribution in [1.82, 2.24) is 14.9 Å². The first kappa shape index (κ1) is 24.5. The lowest BCUT2D eigenvalue weighted by Crippen LogP contribution is -2.29. The van der Waals surface area contributed by atoms with E-state index in [2.05, 4.69) is 51.2 Å². The molecule has 7 heteroatoms. The summed E-state index contributed by atoms with van der Waals surface area (Å²) in [5.74, 6) is 0.928. The van der Waals surface area contributed by atoms with Gasteiger partial charge in [-0.25, -0.2) is 4.98 Å². The molecule has 1 fully saturated rings. The highest BCUT2D eigenvalue weighted by Crippen LogP contribution is 2.26. The number of nitrogens with one attached hydrogen (secondary N) is 1. The molecule has 1 atom stereocenters. The minimum absolute atomic E-state index is 0.0260. The summed E-state index contributed by atoms with van der Waals surface area (Å²) in [6, 6.07) is 11.6. The second kappa shape index (κ2) is 10.7. The average Bonchev–Trinajstić information content (AvgIpc) is 3.33. The molecule has 4 rings (SSSR count). The third-order valence-electron chi connectivity index (χ3n) is 6.12. The molecule has 0 bridgehead atoms. The Kier molecular flexibility index (Phi) is 7.73. The van der Waals surface area contributed by atoms with E-state index in [4.69, 9.17) is 9.72 Å². The molecule has 34 heavy (non-hydrogen) atoms. The summed E-state index contributed by atoms with van der Waals surface area (Å²) in [4.78, 5) is 31.0. The number of benzene rings is 2. The molecule has 3 aromatic rings. The summed E-state index contributed by atoms with van der Waals surface area (Å²) in [6.45, 7) is 10.1. The lowest BCUT2D eigenvalue weighted by Gasteiger charge is -2.17. The maximum Gasteiger partial charge on any atom is 0.262 e. The first-order valence-electron chi connectivity index (χ1n) is 11.9. The third kappa shape index (κ3) is 5.70. The van der Waals surface area contributed by atoms with Gasteiger partial charge in [0.2, 0.25) is 0 Å². The number of aryl methyl sites for hydroxylation is 2. The zero-order valence-corrected chi connectivity index (χ0v) is 21.2. The number of hydrogen-bond donors (Lipinski definition) is 1. The molecule has 1 aromatic heterocycles. The van der Waals surface area contributed by atoms with Crippen LogP contribution in [0.25, 0.3) is 10.9 Å². The minimum atomic E-state index is -0.148. The first-order valence-corrected chi connectivity index (χ1v) is 12.9. The summed E-state index contributed by atoms with van der Waals surface area (Å²) in [5.41, 5.74) is 4.64. The smallest absolute Gasteiger partial charge is 0.262 e. The Balaban J connectivity index is 1.70. The van der Waals surface area contributed by atoms with Crippen molar-refractivity contribution in [3.05, 3.63) is 69.0 Å². The SMILES string of the molecule is Cc1ccc(C)c(CSc2nc3cc(C(=O)NCC(C)C)ccc3c(=O)n2C[C@@H]2CCCO2)c1. The van der Waals surface area contributed by atoms with Crippen LogP contribution < -0.4 is 10.9 Å². The van der Waals surface area contributed by atoms with Gasteiger partial charge in [0.1, 0.15) is 0 Å². The quantitative estimate of drug-likeness (QED) is 0.369. The predicted molar refractivity (Wildman–Crippen MR) is 138 cm³/mol. The van der Waals surface area contributed by atoms with Crippen molar-refractivity contribution in [2.75, 3.05) is 13.2 Å². The van der Waals surface area contributed by atoms with Gasteiger partial charge in [0.25, 0.3) is 11.5 Å². The minimum Gasteiger partial charge on any atom is -0.376 e. The molecule has 0 aliphatic carbocycles. The molecule has 0 unspecified atom stereocenters. The summed E-state index contributed by atoms with van der Waals surface area (Å²) in [7, 11) is 0. The van der Waals surface area contributed by atoms with Crippen LogP contribution in [0.15, 0.2) is 46.3 Å². The lowest BCUT2D eigenvalue weighted by atomic mass is 10.1. The van der Waals surface area contributed by atoms with E-state index in [1.807, 2.05) is 0 Å². The van der Waals surface area contributed by atoms with Crippen molar-refractivity contribution >= 4 is 28.6 Å². The van der Waals surface area contributed by atoms with Gasteiger partial charge < -0.3 is 10.1 Å². The molecule has 1 N–H and O–H groups in total. The Bertz CT molecular complexity index is 1250. The van der Waals surface area contributed by atoms with Gasteiger partial charge in [-0.1, -0.05) is 49.4 Å². The van der Waals surface area contributed by atoms with Gasteiger partial charge in [0.05, 0.1) is 23.6 Å². The van der Waals surface area contributed by atoms with Gasteiger partial charge in [0, 0.05) is 24.5 Å². The van der Waals surface area contributed by atoms with Crippen LogP contribution in [0.2, 0.25) is 0 Å². The number of carbonyl (C=O) groups is 1. The number of thioether (sulfide) groups is 1. The molecule has 6 nitrogen and oxygen atoms in total. The Morgan fingerprint density at radius 3 is 2.79 bits per heavy atom. The predicted octanol–water partition coefficient (Wildman–Crippen LogP) is 4.87. The van der Waals surface area contributed by atoms with E-state index >= 15 is 0 Å². The van der Waals surface area contributed by atoms with Gasteiger partial charge in [-0.15, -0.1) is 0 Å². The van der Waals surface area contributed by atoms with Gasteiger partial charge in [-0.05, 0) is 61.9 Å². The maximum atomic E-state index is 13.5. The third-order valence-corrected chi connectivity index (χ3v) is 7.15. The zero-order valence-electron chi connectivity index (χ0n) is 20.4. The van der Waals surface area contributed by atoms with Crippen LogP contribution >= 0.6 is 11.8 Å². The zero-order chi connectivity index (χ0) is 24.2. The summed E-state index contributed by atoms with van der Waals surface area (Å²) in [6.07, 6.45) is 1.99. The van der Waals surface area contributed by atoms with E-state index in [9.17, 15) is 9.59 Å². The van der Waals surface area contributed by atoms with E-state index in [0.717, 1.165) is 19.4 Å².